The number of nitrogens with two attached hydrogens (primary N) is 1. The molecule has 0 aromatic carbocycles. The zero-order valence-electron chi connectivity index (χ0n) is 11.3. The van der Waals surface area contributed by atoms with Crippen LogP contribution < -0.4 is 5.73 Å². The molecule has 1 aromatic rings. The van der Waals surface area contributed by atoms with Crippen LogP contribution in [0.2, 0.25) is 0 Å². The zero-order chi connectivity index (χ0) is 16.1. The van der Waals surface area contributed by atoms with Crippen LogP contribution in [0.3, 0.4) is 0 Å². The fourth-order valence-electron chi connectivity index (χ4n) is 2.58. The Kier molecular flexibility index (Phi) is 3.25. The van der Waals surface area contributed by atoms with E-state index >= 15 is 0 Å². The number of aliphatic hydroxyl groups is 2. The van der Waals surface area contributed by atoms with Crippen molar-refractivity contribution in [3.63, 3.8) is 0 Å². The summed E-state index contributed by atoms with van der Waals surface area (Å²) < 4.78 is 21.3. The topological polar surface area (TPSA) is 123 Å². The fourth-order valence-corrected chi connectivity index (χ4v) is 2.58. The Morgan fingerprint density at radius 1 is 1.68 bits per heavy atom. The van der Waals surface area contributed by atoms with Crippen molar-refractivity contribution in [3.05, 3.63) is 12.0 Å². The highest BCUT2D eigenvalue weighted by Gasteiger charge is 2.58. The molecule has 1 saturated heterocycles. The van der Waals surface area contributed by atoms with Gasteiger partial charge in [0.15, 0.2) is 23.5 Å². The number of amidine groups is 1. The molecule has 22 heavy (non-hydrogen) atoms. The van der Waals surface area contributed by atoms with Crippen molar-refractivity contribution in [2.45, 2.75) is 30.5 Å². The second-order valence-corrected chi connectivity index (χ2v) is 5.09. The summed E-state index contributed by atoms with van der Waals surface area (Å²) in [6, 6.07) is 0. The van der Waals surface area contributed by atoms with E-state index in [4.69, 9.17) is 22.0 Å². The van der Waals surface area contributed by atoms with Crippen molar-refractivity contribution in [2.24, 2.45) is 10.7 Å². The van der Waals surface area contributed by atoms with Gasteiger partial charge in [0.05, 0.1) is 19.4 Å². The standard InChI is InChI=1S/C13H13FN4O4/c1-2-13(14)10(21)7(4-19)22-12(13)18-5-16-9-6(20)3-8(15)17-11(9)18/h1,5,7,10,12,19,21H,3-4H2,(H2,15,17)/t7-,10-,12-,13-/m1/s1. The first kappa shape index (κ1) is 14.6. The Bertz CT molecular complexity index is 709. The molecule has 4 atom stereocenters. The molecule has 3 rings (SSSR count). The minimum absolute atomic E-state index is 0.0156. The van der Waals surface area contributed by atoms with Gasteiger partial charge in [0.2, 0.25) is 5.67 Å². The van der Waals surface area contributed by atoms with E-state index in [1.165, 1.54) is 0 Å². The van der Waals surface area contributed by atoms with Gasteiger partial charge in [0.1, 0.15) is 18.0 Å². The van der Waals surface area contributed by atoms with Gasteiger partial charge in [-0.15, -0.1) is 6.42 Å². The number of alkyl halides is 1. The third kappa shape index (κ3) is 1.85. The molecule has 1 aromatic heterocycles. The number of hydrogen-bond donors (Lipinski definition) is 3. The summed E-state index contributed by atoms with van der Waals surface area (Å²) >= 11 is 0. The first-order valence-electron chi connectivity index (χ1n) is 6.46. The van der Waals surface area contributed by atoms with Crippen molar-refractivity contribution in [1.29, 1.82) is 0 Å². The summed E-state index contributed by atoms with van der Waals surface area (Å²) in [5.41, 5.74) is 2.99. The third-order valence-corrected chi connectivity index (χ3v) is 3.72. The van der Waals surface area contributed by atoms with Crippen LogP contribution in [0.1, 0.15) is 23.1 Å². The van der Waals surface area contributed by atoms with Gasteiger partial charge in [-0.1, -0.05) is 5.92 Å². The van der Waals surface area contributed by atoms with Crippen molar-refractivity contribution in [2.75, 3.05) is 6.61 Å². The molecule has 0 unspecified atom stereocenters. The lowest BCUT2D eigenvalue weighted by molar-refractivity contribution is -0.0512. The number of aliphatic hydroxyl groups excluding tert-OH is 2. The molecular formula is C13H13FN4O4. The van der Waals surface area contributed by atoms with Gasteiger partial charge in [0.25, 0.3) is 0 Å². The minimum Gasteiger partial charge on any atom is -0.394 e. The third-order valence-electron chi connectivity index (χ3n) is 3.72. The van der Waals surface area contributed by atoms with Crippen molar-refractivity contribution < 1.29 is 24.1 Å². The van der Waals surface area contributed by atoms with E-state index in [2.05, 4.69) is 9.98 Å². The first-order valence-corrected chi connectivity index (χ1v) is 6.46. The molecule has 116 valence electrons. The SMILES string of the molecule is C#C[C@@]1(F)[C@H](O)[C@@H](CO)O[C@H]1n1cnc2c1N=C(N)CC2=O. The molecular weight excluding hydrogens is 295 g/mol. The lowest BCUT2D eigenvalue weighted by Crippen LogP contribution is -2.42. The molecule has 2 aliphatic heterocycles. The van der Waals surface area contributed by atoms with E-state index in [9.17, 15) is 14.3 Å². The molecule has 2 aliphatic rings. The average molecular weight is 308 g/mol. The maximum Gasteiger partial charge on any atom is 0.243 e. The van der Waals surface area contributed by atoms with E-state index in [-0.39, 0.29) is 29.6 Å². The Hall–Kier alpha value is -2.28. The highest BCUT2D eigenvalue weighted by Crippen LogP contribution is 2.43. The summed E-state index contributed by atoms with van der Waals surface area (Å²) in [4.78, 5) is 19.7. The number of hydrogen-bond acceptors (Lipinski definition) is 7. The predicted molar refractivity (Wildman–Crippen MR) is 72.1 cm³/mol. The van der Waals surface area contributed by atoms with Gasteiger partial charge in [-0.2, -0.15) is 0 Å². The number of fused-ring (bicyclic) bond motifs is 1. The van der Waals surface area contributed by atoms with E-state index in [1.54, 1.807) is 0 Å². The van der Waals surface area contributed by atoms with Crippen LogP contribution in [0.25, 0.3) is 0 Å². The number of rotatable bonds is 2. The van der Waals surface area contributed by atoms with Crippen LogP contribution in [-0.2, 0) is 4.74 Å². The number of carbonyl (C=O) groups is 1. The van der Waals surface area contributed by atoms with Gasteiger partial charge in [0, 0.05) is 0 Å². The summed E-state index contributed by atoms with van der Waals surface area (Å²) in [6.07, 6.45) is 1.85. The molecule has 0 aliphatic carbocycles. The number of ketones is 1. The molecule has 0 radical (unpaired) electrons. The molecule has 0 bridgehead atoms. The zero-order valence-corrected chi connectivity index (χ0v) is 11.3. The predicted octanol–water partition coefficient (Wildman–Crippen LogP) is -0.950. The van der Waals surface area contributed by atoms with Gasteiger partial charge >= 0.3 is 0 Å². The maximum atomic E-state index is 14.9. The van der Waals surface area contributed by atoms with Crippen LogP contribution >= 0.6 is 0 Å². The number of Topliss-reactive ketones (excluding diaryl/α,β-unsaturated/α-hetero) is 1. The highest BCUT2D eigenvalue weighted by atomic mass is 19.1. The number of carbonyl (C=O) groups excluding carboxylic acids is 1. The molecule has 0 amide bonds. The maximum absolute atomic E-state index is 14.9. The van der Waals surface area contributed by atoms with Crippen LogP contribution in [0.5, 0.6) is 0 Å². The Morgan fingerprint density at radius 2 is 2.41 bits per heavy atom. The molecule has 9 heteroatoms. The van der Waals surface area contributed by atoms with Gasteiger partial charge in [-0.3, -0.25) is 9.36 Å². The summed E-state index contributed by atoms with van der Waals surface area (Å²) in [5.74, 6) is 1.57. The van der Waals surface area contributed by atoms with Crippen LogP contribution in [0.4, 0.5) is 10.2 Å². The molecule has 1 fully saturated rings. The number of ether oxygens (including phenoxy) is 1. The second-order valence-electron chi connectivity index (χ2n) is 5.09. The summed E-state index contributed by atoms with van der Waals surface area (Å²) in [7, 11) is 0. The lowest BCUT2D eigenvalue weighted by atomic mass is 9.97. The van der Waals surface area contributed by atoms with Gasteiger partial charge < -0.3 is 20.7 Å². The van der Waals surface area contributed by atoms with Crippen LogP contribution in [-0.4, -0.2) is 55.9 Å². The minimum atomic E-state index is -2.60. The normalized spacial score (nSPS) is 34.2. The van der Waals surface area contributed by atoms with E-state index in [0.717, 1.165) is 10.9 Å². The quantitative estimate of drug-likeness (QED) is 0.605. The summed E-state index contributed by atoms with van der Waals surface area (Å²) in [5, 5.41) is 19.1. The molecule has 0 saturated carbocycles. The largest absolute Gasteiger partial charge is 0.394 e. The number of imidazole rings is 1. The van der Waals surface area contributed by atoms with Crippen LogP contribution in [0.15, 0.2) is 11.3 Å². The summed E-state index contributed by atoms with van der Waals surface area (Å²) in [6.45, 7) is -0.619. The second kappa shape index (κ2) is 4.88. The number of aliphatic imine (C=N–C) groups is 1. The van der Waals surface area contributed by atoms with E-state index in [0.29, 0.717) is 0 Å². The smallest absolute Gasteiger partial charge is 0.243 e. The number of aromatic nitrogens is 2. The number of halogens is 1. The molecule has 4 N–H and O–H groups in total. The first-order chi connectivity index (χ1) is 10.4. The van der Waals surface area contributed by atoms with Crippen molar-refractivity contribution >= 4 is 17.4 Å². The number of nitrogens with zero attached hydrogens (tertiary/aromatic N) is 3. The van der Waals surface area contributed by atoms with Gasteiger partial charge in [-0.25, -0.2) is 14.4 Å². The van der Waals surface area contributed by atoms with Gasteiger partial charge in [-0.05, 0) is 0 Å². The Morgan fingerprint density at radius 3 is 3.05 bits per heavy atom. The van der Waals surface area contributed by atoms with Crippen LogP contribution in [0, 0.1) is 12.3 Å². The fraction of sp³-hybridized carbons (Fsp3) is 0.462. The Labute approximate surface area is 124 Å². The van der Waals surface area contributed by atoms with E-state index in [1.807, 2.05) is 5.92 Å². The highest BCUT2D eigenvalue weighted by molar-refractivity contribution is 6.13. The molecule has 0 spiro atoms. The van der Waals surface area contributed by atoms with Crippen molar-refractivity contribution in [1.82, 2.24) is 9.55 Å². The van der Waals surface area contributed by atoms with Crippen molar-refractivity contribution in [3.8, 4) is 12.3 Å². The molecule has 3 heterocycles. The Balaban J connectivity index is 2.10. The number of terminal acetylenes is 1. The van der Waals surface area contributed by atoms with E-state index < -0.39 is 30.7 Å². The lowest BCUT2D eigenvalue weighted by Gasteiger charge is -2.24. The molecule has 8 nitrogen and oxygen atoms in total. The monoisotopic (exact) mass is 308 g/mol. The average Bonchev–Trinajstić information content (AvgIpc) is 3.00.